The van der Waals surface area contributed by atoms with Crippen molar-refractivity contribution in [3.63, 3.8) is 0 Å². The maximum absolute atomic E-state index is 11.9. The van der Waals surface area contributed by atoms with E-state index in [4.69, 9.17) is 0 Å². The summed E-state index contributed by atoms with van der Waals surface area (Å²) in [5, 5.41) is 9.19. The van der Waals surface area contributed by atoms with Crippen molar-refractivity contribution in [2.24, 2.45) is 7.05 Å². The molecule has 0 saturated heterocycles. The molecule has 4 nitrogen and oxygen atoms in total. The van der Waals surface area contributed by atoms with Crippen LogP contribution in [0.2, 0.25) is 0 Å². The van der Waals surface area contributed by atoms with E-state index in [1.165, 1.54) is 11.6 Å². The molecule has 0 unspecified atom stereocenters. The Kier molecular flexibility index (Phi) is 3.02. The van der Waals surface area contributed by atoms with E-state index in [2.05, 4.69) is 0 Å². The van der Waals surface area contributed by atoms with Crippen LogP contribution < -0.4 is 5.56 Å². The minimum atomic E-state index is -1.20. The lowest BCUT2D eigenvalue weighted by Crippen LogP contribution is -2.24. The fourth-order valence-corrected chi connectivity index (χ4v) is 1.89. The van der Waals surface area contributed by atoms with Crippen LogP contribution in [-0.4, -0.2) is 15.6 Å². The molecule has 4 heteroatoms. The van der Waals surface area contributed by atoms with Crippen molar-refractivity contribution in [3.05, 3.63) is 58.0 Å². The summed E-state index contributed by atoms with van der Waals surface area (Å²) in [4.78, 5) is 23.1. The van der Waals surface area contributed by atoms with Crippen LogP contribution in [-0.2, 0) is 7.05 Å². The minimum Gasteiger partial charge on any atom is -0.477 e. The molecule has 0 radical (unpaired) electrons. The highest BCUT2D eigenvalue weighted by molar-refractivity contribution is 5.95. The fraction of sp³-hybridized carbons (Fsp3) is 0.143. The van der Waals surface area contributed by atoms with Crippen LogP contribution >= 0.6 is 0 Å². The van der Waals surface area contributed by atoms with Crippen LogP contribution in [0.15, 0.2) is 41.3 Å². The van der Waals surface area contributed by atoms with Crippen molar-refractivity contribution in [2.75, 3.05) is 0 Å². The molecule has 0 saturated carbocycles. The molecule has 92 valence electrons. The summed E-state index contributed by atoms with van der Waals surface area (Å²) < 4.78 is 1.27. The number of pyridine rings is 1. The highest BCUT2D eigenvalue weighted by Crippen LogP contribution is 2.22. The van der Waals surface area contributed by atoms with Crippen LogP contribution in [0.25, 0.3) is 11.1 Å². The largest absolute Gasteiger partial charge is 0.477 e. The molecule has 1 N–H and O–H groups in total. The average molecular weight is 243 g/mol. The molecule has 0 amide bonds. The standard InChI is InChI=1S/C14H13NO3/c1-9-4-3-5-10(8-9)11-6-7-15(2)13(16)12(11)14(17)18/h3-8H,1-2H3,(H,17,18). The predicted octanol–water partition coefficient (Wildman–Crippen LogP) is 2.06. The van der Waals surface area contributed by atoms with Gasteiger partial charge in [0.2, 0.25) is 0 Å². The maximum Gasteiger partial charge on any atom is 0.341 e. The first kappa shape index (κ1) is 12.1. The van der Waals surface area contributed by atoms with E-state index in [0.29, 0.717) is 5.56 Å². The predicted molar refractivity (Wildman–Crippen MR) is 68.8 cm³/mol. The molecule has 0 aliphatic heterocycles. The number of aryl methyl sites for hydroxylation is 2. The second kappa shape index (κ2) is 4.49. The van der Waals surface area contributed by atoms with Crippen LogP contribution in [0.3, 0.4) is 0 Å². The van der Waals surface area contributed by atoms with Gasteiger partial charge in [0.05, 0.1) is 0 Å². The molecule has 0 aliphatic carbocycles. The number of aromatic carboxylic acids is 1. The molecule has 0 bridgehead atoms. The van der Waals surface area contributed by atoms with Crippen LogP contribution in [0.1, 0.15) is 15.9 Å². The lowest BCUT2D eigenvalue weighted by molar-refractivity contribution is 0.0695. The van der Waals surface area contributed by atoms with Crippen LogP contribution in [0.5, 0.6) is 0 Å². The number of aromatic nitrogens is 1. The van der Waals surface area contributed by atoms with E-state index in [1.54, 1.807) is 18.3 Å². The van der Waals surface area contributed by atoms with Gasteiger partial charge in [-0.2, -0.15) is 0 Å². The van der Waals surface area contributed by atoms with Crippen molar-refractivity contribution in [2.45, 2.75) is 6.92 Å². The fourth-order valence-electron chi connectivity index (χ4n) is 1.89. The van der Waals surface area contributed by atoms with E-state index in [1.807, 2.05) is 25.1 Å². The Hall–Kier alpha value is -2.36. The summed E-state index contributed by atoms with van der Waals surface area (Å²) in [5.74, 6) is -1.20. The van der Waals surface area contributed by atoms with Gasteiger partial charge in [0.1, 0.15) is 5.56 Å². The zero-order valence-corrected chi connectivity index (χ0v) is 10.2. The number of carboxylic acid groups (broad SMARTS) is 1. The third kappa shape index (κ3) is 2.05. The van der Waals surface area contributed by atoms with Gasteiger partial charge in [0.25, 0.3) is 5.56 Å². The minimum absolute atomic E-state index is 0.189. The molecule has 0 spiro atoms. The number of carboxylic acids is 1. The van der Waals surface area contributed by atoms with E-state index in [0.717, 1.165) is 11.1 Å². The highest BCUT2D eigenvalue weighted by atomic mass is 16.4. The summed E-state index contributed by atoms with van der Waals surface area (Å²) in [6.07, 6.45) is 1.58. The molecule has 2 rings (SSSR count). The maximum atomic E-state index is 11.9. The van der Waals surface area contributed by atoms with E-state index < -0.39 is 11.5 Å². The van der Waals surface area contributed by atoms with Gasteiger partial charge in [-0.25, -0.2) is 4.79 Å². The topological polar surface area (TPSA) is 59.3 Å². The summed E-state index contributed by atoms with van der Waals surface area (Å²) in [7, 11) is 1.54. The van der Waals surface area contributed by atoms with Crippen LogP contribution in [0.4, 0.5) is 0 Å². The van der Waals surface area contributed by atoms with Gasteiger partial charge in [-0.3, -0.25) is 4.79 Å². The van der Waals surface area contributed by atoms with E-state index in [9.17, 15) is 14.7 Å². The number of benzene rings is 1. The summed E-state index contributed by atoms with van der Waals surface area (Å²) in [6, 6.07) is 9.08. The average Bonchev–Trinajstić information content (AvgIpc) is 2.32. The molecular weight excluding hydrogens is 230 g/mol. The van der Waals surface area contributed by atoms with E-state index in [-0.39, 0.29) is 5.56 Å². The van der Waals surface area contributed by atoms with Crippen molar-refractivity contribution in [1.29, 1.82) is 0 Å². The van der Waals surface area contributed by atoms with Gasteiger partial charge in [-0.05, 0) is 18.6 Å². The number of nitrogens with zero attached hydrogens (tertiary/aromatic N) is 1. The van der Waals surface area contributed by atoms with Crippen LogP contribution in [0, 0.1) is 6.92 Å². The molecule has 0 atom stereocenters. The number of hydrogen-bond donors (Lipinski definition) is 1. The van der Waals surface area contributed by atoms with Crippen molar-refractivity contribution >= 4 is 5.97 Å². The van der Waals surface area contributed by atoms with Crippen molar-refractivity contribution in [1.82, 2.24) is 4.57 Å². The van der Waals surface area contributed by atoms with Gasteiger partial charge >= 0.3 is 5.97 Å². The third-order valence-electron chi connectivity index (χ3n) is 2.81. The van der Waals surface area contributed by atoms with Crippen molar-refractivity contribution < 1.29 is 9.90 Å². The Balaban J connectivity index is 2.76. The Morgan fingerprint density at radius 3 is 2.61 bits per heavy atom. The van der Waals surface area contributed by atoms with Gasteiger partial charge in [0, 0.05) is 18.8 Å². The Morgan fingerprint density at radius 2 is 2.00 bits per heavy atom. The monoisotopic (exact) mass is 243 g/mol. The molecule has 0 fully saturated rings. The smallest absolute Gasteiger partial charge is 0.341 e. The number of carbonyl (C=O) groups is 1. The molecule has 1 aromatic carbocycles. The van der Waals surface area contributed by atoms with Gasteiger partial charge in [0.15, 0.2) is 0 Å². The summed E-state index contributed by atoms with van der Waals surface area (Å²) >= 11 is 0. The van der Waals surface area contributed by atoms with Crippen molar-refractivity contribution in [3.8, 4) is 11.1 Å². The lowest BCUT2D eigenvalue weighted by Gasteiger charge is -2.08. The first-order chi connectivity index (χ1) is 8.50. The molecule has 0 aliphatic rings. The normalized spacial score (nSPS) is 10.3. The number of hydrogen-bond acceptors (Lipinski definition) is 2. The molecule has 18 heavy (non-hydrogen) atoms. The molecule has 1 heterocycles. The van der Waals surface area contributed by atoms with Gasteiger partial charge < -0.3 is 9.67 Å². The highest BCUT2D eigenvalue weighted by Gasteiger charge is 2.17. The SMILES string of the molecule is Cc1cccc(-c2ccn(C)c(=O)c2C(=O)O)c1. The van der Waals surface area contributed by atoms with E-state index >= 15 is 0 Å². The first-order valence-electron chi connectivity index (χ1n) is 5.50. The number of rotatable bonds is 2. The molecule has 1 aromatic heterocycles. The Morgan fingerprint density at radius 1 is 1.28 bits per heavy atom. The third-order valence-corrected chi connectivity index (χ3v) is 2.81. The summed E-state index contributed by atoms with van der Waals surface area (Å²) in [5.41, 5.74) is 1.52. The first-order valence-corrected chi connectivity index (χ1v) is 5.50. The Bertz CT molecular complexity index is 671. The lowest BCUT2D eigenvalue weighted by atomic mass is 10.00. The molecular formula is C14H13NO3. The van der Waals surface area contributed by atoms with Gasteiger partial charge in [-0.1, -0.05) is 29.8 Å². The zero-order valence-electron chi connectivity index (χ0n) is 10.2. The van der Waals surface area contributed by atoms with Gasteiger partial charge in [-0.15, -0.1) is 0 Å². The summed E-state index contributed by atoms with van der Waals surface area (Å²) in [6.45, 7) is 1.92. The second-order valence-electron chi connectivity index (χ2n) is 4.20. The zero-order chi connectivity index (χ0) is 13.3. The Labute approximate surface area is 104 Å². The quantitative estimate of drug-likeness (QED) is 0.878. The second-order valence-corrected chi connectivity index (χ2v) is 4.20. The molecule has 2 aromatic rings.